The summed E-state index contributed by atoms with van der Waals surface area (Å²) in [6, 6.07) is 7.77. The van der Waals surface area contributed by atoms with Gasteiger partial charge in [0.25, 0.3) is 0 Å². The van der Waals surface area contributed by atoms with Crippen LogP contribution < -0.4 is 14.8 Å². The van der Waals surface area contributed by atoms with Crippen LogP contribution in [0.2, 0.25) is 0 Å². The van der Waals surface area contributed by atoms with Crippen molar-refractivity contribution in [2.45, 2.75) is 25.8 Å². The molecule has 2 unspecified atom stereocenters. The lowest BCUT2D eigenvalue weighted by Gasteiger charge is -2.24. The van der Waals surface area contributed by atoms with Crippen molar-refractivity contribution in [1.82, 2.24) is 29.7 Å². The first-order valence-corrected chi connectivity index (χ1v) is 10.8. The average molecular weight is 435 g/mol. The van der Waals surface area contributed by atoms with Crippen LogP contribution in [0.5, 0.6) is 11.5 Å². The summed E-state index contributed by atoms with van der Waals surface area (Å²) < 4.78 is 12.6. The van der Waals surface area contributed by atoms with E-state index >= 15 is 0 Å². The van der Waals surface area contributed by atoms with E-state index in [1.54, 1.807) is 17.1 Å². The number of hydrogen-bond acceptors (Lipinski definition) is 7. The molecule has 0 bridgehead atoms. The standard InChI is InChI=1S/C23H26N6O3/c1-15-11-18(27-23(26-15)29-10-8-24-13-29)21-17(6-9-28(21)2)22(30)25-7-5-16-3-4-19-20(12-16)32-14-31-19/h3-4,8,10-13,17,21H,5-7,9,14H2,1-2H3,(H,25,30). The van der Waals surface area contributed by atoms with Crippen molar-refractivity contribution in [1.29, 1.82) is 0 Å². The number of benzene rings is 1. The first-order chi connectivity index (χ1) is 15.6. The van der Waals surface area contributed by atoms with Crippen molar-refractivity contribution in [3.8, 4) is 17.4 Å². The van der Waals surface area contributed by atoms with Crippen LogP contribution >= 0.6 is 0 Å². The Morgan fingerprint density at radius 3 is 2.94 bits per heavy atom. The van der Waals surface area contributed by atoms with Crippen molar-refractivity contribution in [2.75, 3.05) is 26.9 Å². The maximum atomic E-state index is 13.1. The number of aromatic nitrogens is 4. The maximum absolute atomic E-state index is 13.1. The van der Waals surface area contributed by atoms with Crippen molar-refractivity contribution in [3.05, 3.63) is 59.9 Å². The predicted molar refractivity (Wildman–Crippen MR) is 117 cm³/mol. The molecule has 5 rings (SSSR count). The largest absolute Gasteiger partial charge is 0.454 e. The topological polar surface area (TPSA) is 94.4 Å². The Kier molecular flexibility index (Phi) is 5.48. The van der Waals surface area contributed by atoms with Gasteiger partial charge in [0.15, 0.2) is 11.5 Å². The molecule has 2 aliphatic rings. The minimum Gasteiger partial charge on any atom is -0.454 e. The molecule has 2 aliphatic heterocycles. The lowest BCUT2D eigenvalue weighted by molar-refractivity contribution is -0.125. The molecule has 166 valence electrons. The van der Waals surface area contributed by atoms with Crippen LogP contribution in [0, 0.1) is 12.8 Å². The fourth-order valence-corrected chi connectivity index (χ4v) is 4.43. The van der Waals surface area contributed by atoms with Crippen LogP contribution in [0.25, 0.3) is 5.95 Å². The molecule has 0 spiro atoms. The molecular weight excluding hydrogens is 408 g/mol. The number of amides is 1. The summed E-state index contributed by atoms with van der Waals surface area (Å²) in [5, 5.41) is 3.12. The van der Waals surface area contributed by atoms with Gasteiger partial charge >= 0.3 is 0 Å². The Labute approximate surface area is 186 Å². The SMILES string of the molecule is Cc1cc(C2C(C(=O)NCCc3ccc4c(c3)OCO4)CCN2C)nc(-n2ccnc2)n1. The second-order valence-electron chi connectivity index (χ2n) is 8.25. The zero-order valence-corrected chi connectivity index (χ0v) is 18.2. The summed E-state index contributed by atoms with van der Waals surface area (Å²) in [7, 11) is 2.04. The fraction of sp³-hybridized carbons (Fsp3) is 0.391. The molecule has 4 heterocycles. The summed E-state index contributed by atoms with van der Waals surface area (Å²) in [6.45, 7) is 3.61. The lowest BCUT2D eigenvalue weighted by atomic mass is 9.96. The number of nitrogens with one attached hydrogen (secondary N) is 1. The average Bonchev–Trinajstić information content (AvgIpc) is 3.53. The molecule has 9 nitrogen and oxygen atoms in total. The van der Waals surface area contributed by atoms with Gasteiger partial charge in [0.2, 0.25) is 18.6 Å². The third kappa shape index (κ3) is 4.03. The van der Waals surface area contributed by atoms with Crippen LogP contribution in [-0.4, -0.2) is 57.3 Å². The molecule has 1 amide bonds. The Morgan fingerprint density at radius 2 is 2.09 bits per heavy atom. The van der Waals surface area contributed by atoms with E-state index in [0.717, 1.165) is 47.8 Å². The molecule has 32 heavy (non-hydrogen) atoms. The first-order valence-electron chi connectivity index (χ1n) is 10.8. The van der Waals surface area contributed by atoms with E-state index in [9.17, 15) is 4.79 Å². The van der Waals surface area contributed by atoms with Gasteiger partial charge in [0.1, 0.15) is 6.33 Å². The van der Waals surface area contributed by atoms with Gasteiger partial charge in [-0.1, -0.05) is 6.07 Å². The zero-order valence-electron chi connectivity index (χ0n) is 18.2. The third-order valence-corrected chi connectivity index (χ3v) is 6.04. The van der Waals surface area contributed by atoms with Crippen LogP contribution in [-0.2, 0) is 11.2 Å². The van der Waals surface area contributed by atoms with Crippen LogP contribution in [0.4, 0.5) is 0 Å². The quantitative estimate of drug-likeness (QED) is 0.635. The van der Waals surface area contributed by atoms with E-state index in [1.807, 2.05) is 44.4 Å². The van der Waals surface area contributed by atoms with E-state index in [2.05, 4.69) is 20.2 Å². The molecule has 2 atom stereocenters. The summed E-state index contributed by atoms with van der Waals surface area (Å²) >= 11 is 0. The normalized spacial score (nSPS) is 19.9. The minimum absolute atomic E-state index is 0.0561. The molecule has 0 saturated carbocycles. The molecule has 2 aromatic heterocycles. The fourth-order valence-electron chi connectivity index (χ4n) is 4.43. The number of nitrogens with zero attached hydrogens (tertiary/aromatic N) is 5. The molecule has 1 fully saturated rings. The Bertz CT molecular complexity index is 1120. The van der Waals surface area contributed by atoms with E-state index in [0.29, 0.717) is 12.5 Å². The molecule has 1 aromatic carbocycles. The minimum atomic E-state index is -0.165. The molecule has 1 saturated heterocycles. The summed E-state index contributed by atoms with van der Waals surface area (Å²) in [4.78, 5) is 28.7. The second-order valence-corrected chi connectivity index (χ2v) is 8.25. The highest BCUT2D eigenvalue weighted by atomic mass is 16.7. The number of imidazole rings is 1. The van der Waals surface area contributed by atoms with Crippen molar-refractivity contribution >= 4 is 5.91 Å². The number of carbonyl (C=O) groups is 1. The highest BCUT2D eigenvalue weighted by Gasteiger charge is 2.39. The molecular formula is C23H26N6O3. The zero-order chi connectivity index (χ0) is 22.1. The first kappa shape index (κ1) is 20.4. The van der Waals surface area contributed by atoms with Gasteiger partial charge in [-0.15, -0.1) is 0 Å². The molecule has 1 N–H and O–H groups in total. The highest BCUT2D eigenvalue weighted by molar-refractivity contribution is 5.80. The Morgan fingerprint density at radius 1 is 1.22 bits per heavy atom. The van der Waals surface area contributed by atoms with E-state index < -0.39 is 0 Å². The van der Waals surface area contributed by atoms with E-state index in [-0.39, 0.29) is 24.7 Å². The van der Waals surface area contributed by atoms with Crippen LogP contribution in [0.1, 0.15) is 29.4 Å². The number of ether oxygens (including phenoxy) is 2. The van der Waals surface area contributed by atoms with E-state index in [1.165, 1.54) is 0 Å². The summed E-state index contributed by atoms with van der Waals surface area (Å²) in [5.41, 5.74) is 2.82. The van der Waals surface area contributed by atoms with Crippen LogP contribution in [0.15, 0.2) is 43.0 Å². The molecule has 0 aliphatic carbocycles. The number of fused-ring (bicyclic) bond motifs is 1. The van der Waals surface area contributed by atoms with Crippen molar-refractivity contribution in [3.63, 3.8) is 0 Å². The summed E-state index contributed by atoms with van der Waals surface area (Å²) in [6.07, 6.45) is 6.71. The van der Waals surface area contributed by atoms with Gasteiger partial charge in [-0.3, -0.25) is 14.3 Å². The van der Waals surface area contributed by atoms with Crippen molar-refractivity contribution < 1.29 is 14.3 Å². The Balaban J connectivity index is 1.27. The van der Waals surface area contributed by atoms with Crippen LogP contribution in [0.3, 0.4) is 0 Å². The number of rotatable bonds is 6. The van der Waals surface area contributed by atoms with Gasteiger partial charge in [-0.25, -0.2) is 15.0 Å². The Hall–Kier alpha value is -3.46. The van der Waals surface area contributed by atoms with E-state index in [4.69, 9.17) is 14.5 Å². The van der Waals surface area contributed by atoms with Gasteiger partial charge in [-0.2, -0.15) is 0 Å². The maximum Gasteiger partial charge on any atom is 0.235 e. The predicted octanol–water partition coefficient (Wildman–Crippen LogP) is 2.05. The second kappa shape index (κ2) is 8.58. The lowest BCUT2D eigenvalue weighted by Crippen LogP contribution is -2.36. The molecule has 3 aromatic rings. The number of carbonyl (C=O) groups excluding carboxylic acids is 1. The molecule has 9 heteroatoms. The number of aryl methyl sites for hydroxylation is 1. The van der Waals surface area contributed by atoms with Gasteiger partial charge in [0, 0.05) is 24.6 Å². The number of likely N-dealkylation sites (tertiary alicyclic amines) is 1. The summed E-state index contributed by atoms with van der Waals surface area (Å²) in [5.74, 6) is 1.99. The van der Waals surface area contributed by atoms with Gasteiger partial charge in [-0.05, 0) is 57.1 Å². The smallest absolute Gasteiger partial charge is 0.235 e. The van der Waals surface area contributed by atoms with Gasteiger partial charge < -0.3 is 14.8 Å². The third-order valence-electron chi connectivity index (χ3n) is 6.04. The van der Waals surface area contributed by atoms with Crippen molar-refractivity contribution in [2.24, 2.45) is 5.92 Å². The number of hydrogen-bond donors (Lipinski definition) is 1. The monoisotopic (exact) mass is 434 g/mol. The molecule has 0 radical (unpaired) electrons. The van der Waals surface area contributed by atoms with Gasteiger partial charge in [0.05, 0.1) is 17.7 Å². The highest BCUT2D eigenvalue weighted by Crippen LogP contribution is 2.36.